The Balaban J connectivity index is 1.70. The molecule has 0 spiro atoms. The van der Waals surface area contributed by atoms with E-state index in [0.29, 0.717) is 12.4 Å². The average Bonchev–Trinajstić information content (AvgIpc) is 3.03. The second-order valence-electron chi connectivity index (χ2n) is 5.88. The Kier molecular flexibility index (Phi) is 5.26. The minimum absolute atomic E-state index is 0.264. The Morgan fingerprint density at radius 1 is 1.19 bits per heavy atom. The molecule has 26 heavy (non-hydrogen) atoms. The zero-order valence-corrected chi connectivity index (χ0v) is 14.7. The van der Waals surface area contributed by atoms with E-state index in [0.717, 1.165) is 22.5 Å². The second kappa shape index (κ2) is 7.77. The zero-order chi connectivity index (χ0) is 18.5. The highest BCUT2D eigenvalue weighted by molar-refractivity contribution is 5.67. The number of carboxylic acid groups (broad SMARTS) is 1. The number of hydrogen-bond acceptors (Lipinski definition) is 4. The lowest BCUT2D eigenvalue weighted by Crippen LogP contribution is -2.35. The van der Waals surface area contributed by atoms with Crippen LogP contribution in [-0.2, 0) is 0 Å². The van der Waals surface area contributed by atoms with E-state index in [1.54, 1.807) is 11.4 Å². The highest BCUT2D eigenvalue weighted by Crippen LogP contribution is 2.24. The molecule has 1 atom stereocenters. The molecule has 0 saturated carbocycles. The standard InChI is InChI=1S/C19H21N3O4/c1-3-25-17-9-6-15-10-18(21-22(15)11-17)14-4-7-16(8-5-14)26-12-13(2)20-19(23)24/h4-11,13,20H,3,12H2,1-2H3,(H,23,24)/t13-/m0/s1. The monoisotopic (exact) mass is 355 g/mol. The van der Waals surface area contributed by atoms with Crippen molar-refractivity contribution < 1.29 is 19.4 Å². The van der Waals surface area contributed by atoms with Crippen molar-refractivity contribution in [1.29, 1.82) is 0 Å². The Morgan fingerprint density at radius 2 is 1.92 bits per heavy atom. The highest BCUT2D eigenvalue weighted by atomic mass is 16.5. The fourth-order valence-corrected chi connectivity index (χ4v) is 2.56. The van der Waals surface area contributed by atoms with Crippen molar-refractivity contribution in [1.82, 2.24) is 14.9 Å². The van der Waals surface area contributed by atoms with Gasteiger partial charge in [0, 0.05) is 5.56 Å². The summed E-state index contributed by atoms with van der Waals surface area (Å²) in [5.74, 6) is 1.46. The third kappa shape index (κ3) is 4.24. The Labute approximate surface area is 151 Å². The van der Waals surface area contributed by atoms with Gasteiger partial charge in [-0.05, 0) is 56.3 Å². The number of nitrogens with one attached hydrogen (secondary N) is 1. The number of aromatic nitrogens is 2. The summed E-state index contributed by atoms with van der Waals surface area (Å²) in [4.78, 5) is 10.6. The molecular formula is C19H21N3O4. The number of benzene rings is 1. The van der Waals surface area contributed by atoms with Crippen LogP contribution in [0.1, 0.15) is 13.8 Å². The summed E-state index contributed by atoms with van der Waals surface area (Å²) >= 11 is 0. The van der Waals surface area contributed by atoms with Crippen LogP contribution in [-0.4, -0.2) is 40.1 Å². The minimum atomic E-state index is -1.06. The summed E-state index contributed by atoms with van der Waals surface area (Å²) in [5, 5.41) is 15.6. The average molecular weight is 355 g/mol. The van der Waals surface area contributed by atoms with E-state index in [1.807, 2.05) is 55.6 Å². The van der Waals surface area contributed by atoms with Crippen molar-refractivity contribution in [3.63, 3.8) is 0 Å². The summed E-state index contributed by atoms with van der Waals surface area (Å²) in [5.41, 5.74) is 2.80. The van der Waals surface area contributed by atoms with Crippen LogP contribution in [0.4, 0.5) is 4.79 Å². The predicted molar refractivity (Wildman–Crippen MR) is 97.9 cm³/mol. The molecule has 7 nitrogen and oxygen atoms in total. The molecule has 0 fully saturated rings. The molecular weight excluding hydrogens is 334 g/mol. The smallest absolute Gasteiger partial charge is 0.404 e. The highest BCUT2D eigenvalue weighted by Gasteiger charge is 2.08. The van der Waals surface area contributed by atoms with E-state index in [-0.39, 0.29) is 12.6 Å². The van der Waals surface area contributed by atoms with Gasteiger partial charge >= 0.3 is 6.09 Å². The van der Waals surface area contributed by atoms with E-state index in [2.05, 4.69) is 10.4 Å². The number of carbonyl (C=O) groups is 1. The molecule has 3 rings (SSSR count). The summed E-state index contributed by atoms with van der Waals surface area (Å²) in [6.07, 6.45) is 0.798. The Morgan fingerprint density at radius 3 is 2.62 bits per heavy atom. The molecule has 1 aromatic carbocycles. The van der Waals surface area contributed by atoms with Crippen LogP contribution in [0.3, 0.4) is 0 Å². The van der Waals surface area contributed by atoms with Crippen molar-refractivity contribution in [3.05, 3.63) is 48.7 Å². The number of pyridine rings is 1. The van der Waals surface area contributed by atoms with E-state index in [4.69, 9.17) is 14.6 Å². The summed E-state index contributed by atoms with van der Waals surface area (Å²) in [6.45, 7) is 4.57. The molecule has 0 aliphatic carbocycles. The molecule has 0 radical (unpaired) electrons. The number of fused-ring (bicyclic) bond motifs is 1. The maximum atomic E-state index is 10.6. The number of rotatable bonds is 7. The fraction of sp³-hybridized carbons (Fsp3) is 0.263. The number of ether oxygens (including phenoxy) is 2. The van der Waals surface area contributed by atoms with Gasteiger partial charge < -0.3 is 19.9 Å². The predicted octanol–water partition coefficient (Wildman–Crippen LogP) is 3.43. The quantitative estimate of drug-likeness (QED) is 0.678. The van der Waals surface area contributed by atoms with Gasteiger partial charge in [0.1, 0.15) is 18.1 Å². The van der Waals surface area contributed by atoms with Gasteiger partial charge in [0.2, 0.25) is 0 Å². The molecule has 0 unspecified atom stereocenters. The largest absolute Gasteiger partial charge is 0.492 e. The van der Waals surface area contributed by atoms with Crippen LogP contribution < -0.4 is 14.8 Å². The first-order valence-corrected chi connectivity index (χ1v) is 8.40. The number of hydrogen-bond donors (Lipinski definition) is 2. The summed E-state index contributed by atoms with van der Waals surface area (Å²) < 4.78 is 12.9. The fourth-order valence-electron chi connectivity index (χ4n) is 2.56. The van der Waals surface area contributed by atoms with Crippen molar-refractivity contribution in [2.75, 3.05) is 13.2 Å². The van der Waals surface area contributed by atoms with Gasteiger partial charge in [0.25, 0.3) is 0 Å². The molecule has 0 saturated heterocycles. The van der Waals surface area contributed by atoms with Crippen LogP contribution in [0.2, 0.25) is 0 Å². The van der Waals surface area contributed by atoms with E-state index < -0.39 is 6.09 Å². The van der Waals surface area contributed by atoms with Crippen molar-refractivity contribution in [2.45, 2.75) is 19.9 Å². The topological polar surface area (TPSA) is 85.1 Å². The van der Waals surface area contributed by atoms with Crippen LogP contribution in [0.25, 0.3) is 16.8 Å². The molecule has 2 aromatic heterocycles. The van der Waals surface area contributed by atoms with Crippen LogP contribution in [0.15, 0.2) is 48.7 Å². The van der Waals surface area contributed by atoms with Gasteiger partial charge in [-0.3, -0.25) is 0 Å². The molecule has 0 aliphatic rings. The van der Waals surface area contributed by atoms with Gasteiger partial charge in [0.05, 0.1) is 30.1 Å². The maximum absolute atomic E-state index is 10.6. The second-order valence-corrected chi connectivity index (χ2v) is 5.88. The molecule has 1 amide bonds. The van der Waals surface area contributed by atoms with Crippen LogP contribution in [0.5, 0.6) is 11.5 Å². The van der Waals surface area contributed by atoms with E-state index >= 15 is 0 Å². The molecule has 3 aromatic rings. The van der Waals surface area contributed by atoms with Gasteiger partial charge in [-0.25, -0.2) is 9.31 Å². The number of amides is 1. The third-order valence-corrected chi connectivity index (χ3v) is 3.76. The third-order valence-electron chi connectivity index (χ3n) is 3.76. The lowest BCUT2D eigenvalue weighted by Gasteiger charge is -2.13. The first-order valence-electron chi connectivity index (χ1n) is 8.40. The van der Waals surface area contributed by atoms with Gasteiger partial charge in [-0.1, -0.05) is 0 Å². The molecule has 7 heteroatoms. The van der Waals surface area contributed by atoms with Crippen molar-refractivity contribution in [2.24, 2.45) is 0 Å². The number of nitrogens with zero attached hydrogens (tertiary/aromatic N) is 2. The normalized spacial score (nSPS) is 11.9. The first kappa shape index (κ1) is 17.6. The van der Waals surface area contributed by atoms with Gasteiger partial charge in [-0.2, -0.15) is 5.10 Å². The molecule has 2 heterocycles. The minimum Gasteiger partial charge on any atom is -0.492 e. The first-order chi connectivity index (χ1) is 12.5. The van der Waals surface area contributed by atoms with Crippen LogP contribution in [0, 0.1) is 0 Å². The lowest BCUT2D eigenvalue weighted by molar-refractivity contribution is 0.183. The Hall–Kier alpha value is -3.22. The lowest BCUT2D eigenvalue weighted by atomic mass is 10.1. The summed E-state index contributed by atoms with van der Waals surface area (Å²) in [7, 11) is 0. The van der Waals surface area contributed by atoms with Crippen molar-refractivity contribution in [3.8, 4) is 22.8 Å². The maximum Gasteiger partial charge on any atom is 0.404 e. The SMILES string of the molecule is CCOc1ccc2cc(-c3ccc(OC[C@H](C)NC(=O)O)cc3)nn2c1. The van der Waals surface area contributed by atoms with Crippen LogP contribution >= 0.6 is 0 Å². The summed E-state index contributed by atoms with van der Waals surface area (Å²) in [6, 6.07) is 13.2. The van der Waals surface area contributed by atoms with E-state index in [1.165, 1.54) is 0 Å². The van der Waals surface area contributed by atoms with E-state index in [9.17, 15) is 4.79 Å². The molecule has 0 bridgehead atoms. The molecule has 2 N–H and O–H groups in total. The Bertz CT molecular complexity index is 889. The van der Waals surface area contributed by atoms with Gasteiger partial charge in [-0.15, -0.1) is 0 Å². The molecule has 0 aliphatic heterocycles. The van der Waals surface area contributed by atoms with Crippen molar-refractivity contribution >= 4 is 11.6 Å². The van der Waals surface area contributed by atoms with Gasteiger partial charge in [0.15, 0.2) is 0 Å². The zero-order valence-electron chi connectivity index (χ0n) is 14.7. The molecule has 136 valence electrons.